The largest absolute Gasteiger partial charge is 0.511 e. The number of methoxy groups -OCH3 is 1. The van der Waals surface area contributed by atoms with Crippen molar-refractivity contribution in [2.45, 2.75) is 40.0 Å². The van der Waals surface area contributed by atoms with Gasteiger partial charge in [-0.15, -0.1) is 0 Å². The number of hydrogen-bond donors (Lipinski definition) is 2. The number of benzene rings is 1. The van der Waals surface area contributed by atoms with Crippen LogP contribution < -0.4 is 0 Å². The Morgan fingerprint density at radius 2 is 2.07 bits per heavy atom. The number of fused-ring (bicyclic) bond motifs is 1. The van der Waals surface area contributed by atoms with E-state index >= 15 is 0 Å². The minimum absolute atomic E-state index is 0.108. The second kappa shape index (κ2) is 7.58. The van der Waals surface area contributed by atoms with Crippen LogP contribution in [0.15, 0.2) is 40.6 Å². The number of nitrogens with one attached hydrogen (secondary N) is 1. The van der Waals surface area contributed by atoms with Gasteiger partial charge in [-0.1, -0.05) is 32.9 Å². The lowest BCUT2D eigenvalue weighted by Gasteiger charge is -2.37. The maximum atomic E-state index is 12.8. The lowest BCUT2D eigenvalue weighted by Crippen LogP contribution is -2.41. The first kappa shape index (κ1) is 19.8. The number of nitrogens with zero attached hydrogens (tertiary/aromatic N) is 2. The molecular weight excluding hydrogens is 358 g/mol. The van der Waals surface area contributed by atoms with Crippen molar-refractivity contribution in [1.29, 1.82) is 0 Å². The van der Waals surface area contributed by atoms with Crippen molar-refractivity contribution in [3.63, 3.8) is 0 Å². The van der Waals surface area contributed by atoms with E-state index in [0.717, 1.165) is 11.0 Å². The Kier molecular flexibility index (Phi) is 5.36. The number of Topliss-reactive ketones (excluding diaryl/α,β-unsaturated/α-hetero) is 1. The number of allylic oxidation sites excluding steroid dienone is 1. The molecule has 2 N–H and O–H groups in total. The number of H-pyrrole nitrogens is 1. The van der Waals surface area contributed by atoms with Crippen LogP contribution >= 0.6 is 0 Å². The number of aromatic nitrogens is 2. The van der Waals surface area contributed by atoms with E-state index in [0.29, 0.717) is 24.5 Å². The lowest BCUT2D eigenvalue weighted by atomic mass is 9.67. The molecule has 0 spiro atoms. The highest BCUT2D eigenvalue weighted by Crippen LogP contribution is 2.43. The third-order valence-electron chi connectivity index (χ3n) is 5.03. The minimum Gasteiger partial charge on any atom is -0.511 e. The van der Waals surface area contributed by atoms with Crippen LogP contribution in [0.5, 0.6) is 0 Å². The van der Waals surface area contributed by atoms with E-state index in [-0.39, 0.29) is 23.5 Å². The van der Waals surface area contributed by atoms with E-state index in [1.807, 2.05) is 45.0 Å². The van der Waals surface area contributed by atoms with Crippen LogP contribution in [0.1, 0.15) is 40.0 Å². The summed E-state index contributed by atoms with van der Waals surface area (Å²) >= 11 is 0. The molecule has 0 radical (unpaired) electrons. The molecule has 1 aromatic carbocycles. The third-order valence-corrected chi connectivity index (χ3v) is 5.03. The molecule has 1 aromatic heterocycles. The number of ether oxygens (including phenoxy) is 1. The molecular formula is C21H25N3O4. The van der Waals surface area contributed by atoms with Gasteiger partial charge >= 0.3 is 5.97 Å². The number of aliphatic hydroxyl groups excluding tert-OH is 1. The summed E-state index contributed by atoms with van der Waals surface area (Å²) in [4.78, 5) is 37.2. The molecule has 0 saturated heterocycles. The maximum Gasteiger partial charge on any atom is 0.316 e. The molecule has 7 heteroatoms. The fraction of sp³-hybridized carbons (Fsp3) is 0.429. The first-order valence-corrected chi connectivity index (χ1v) is 9.35. The standard InChI is InChI=1S/C21H25N3O4/c1-5-8-15(25)16-14(11-21(2,3)17(18(16)26)19(27)28-4)24-20-22-12-9-6-7-10-13(12)23-20/h6-7,9-10,17,26H,5,8,11H2,1-4H3,(H,22,23). The Bertz CT molecular complexity index is 951. The van der Waals surface area contributed by atoms with E-state index in [4.69, 9.17) is 4.74 Å². The molecule has 0 amide bonds. The number of rotatable bonds is 5. The van der Waals surface area contributed by atoms with Crippen molar-refractivity contribution in [2.24, 2.45) is 16.3 Å². The molecule has 28 heavy (non-hydrogen) atoms. The van der Waals surface area contributed by atoms with E-state index in [2.05, 4.69) is 15.0 Å². The van der Waals surface area contributed by atoms with Crippen LogP contribution in [0.4, 0.5) is 5.95 Å². The summed E-state index contributed by atoms with van der Waals surface area (Å²) in [5.74, 6) is -1.62. The monoisotopic (exact) mass is 383 g/mol. The molecule has 1 unspecified atom stereocenters. The quantitative estimate of drug-likeness (QED) is 0.758. The summed E-state index contributed by atoms with van der Waals surface area (Å²) in [7, 11) is 1.28. The molecule has 148 valence electrons. The van der Waals surface area contributed by atoms with Gasteiger partial charge in [-0.3, -0.25) is 9.59 Å². The Morgan fingerprint density at radius 3 is 2.71 bits per heavy atom. The number of hydrogen-bond acceptors (Lipinski definition) is 6. The van der Waals surface area contributed by atoms with Crippen LogP contribution in [0, 0.1) is 11.3 Å². The number of carbonyl (C=O) groups excluding carboxylic acids is 2. The SMILES string of the molecule is CCCC(=O)C1=C(O)C(C(=O)OC)C(C)(C)CC1=Nc1nc2ccccc2[nH]1. The van der Waals surface area contributed by atoms with E-state index < -0.39 is 17.3 Å². The molecule has 2 aromatic rings. The van der Waals surface area contributed by atoms with Crippen molar-refractivity contribution in [3.05, 3.63) is 35.6 Å². The average molecular weight is 383 g/mol. The van der Waals surface area contributed by atoms with Gasteiger partial charge in [-0.25, -0.2) is 9.98 Å². The highest BCUT2D eigenvalue weighted by atomic mass is 16.5. The molecule has 1 aliphatic rings. The van der Waals surface area contributed by atoms with Crippen LogP contribution in [-0.2, 0) is 14.3 Å². The zero-order valence-corrected chi connectivity index (χ0v) is 16.6. The fourth-order valence-electron chi connectivity index (χ4n) is 3.70. The maximum absolute atomic E-state index is 12.8. The van der Waals surface area contributed by atoms with Gasteiger partial charge in [0.2, 0.25) is 5.95 Å². The molecule has 7 nitrogen and oxygen atoms in total. The number of para-hydroxylation sites is 2. The van der Waals surface area contributed by atoms with Crippen molar-refractivity contribution in [2.75, 3.05) is 7.11 Å². The number of aliphatic imine (C=N–C) groups is 1. The Morgan fingerprint density at radius 1 is 1.36 bits per heavy atom. The molecule has 0 saturated carbocycles. The van der Waals surface area contributed by atoms with Gasteiger partial charge in [-0.2, -0.15) is 0 Å². The molecule has 0 fully saturated rings. The smallest absolute Gasteiger partial charge is 0.316 e. The first-order chi connectivity index (χ1) is 13.3. The van der Waals surface area contributed by atoms with Crippen molar-refractivity contribution < 1.29 is 19.4 Å². The average Bonchev–Trinajstić information content (AvgIpc) is 3.02. The zero-order chi connectivity index (χ0) is 20.5. The second-order valence-corrected chi connectivity index (χ2v) is 7.69. The van der Waals surface area contributed by atoms with E-state index in [1.54, 1.807) is 0 Å². The summed E-state index contributed by atoms with van der Waals surface area (Å²) < 4.78 is 4.87. The Labute approximate surface area is 163 Å². The summed E-state index contributed by atoms with van der Waals surface area (Å²) in [6.07, 6.45) is 1.21. The molecule has 1 aliphatic carbocycles. The van der Waals surface area contributed by atoms with Crippen LogP contribution in [0.3, 0.4) is 0 Å². The third kappa shape index (κ3) is 3.56. The molecule has 3 rings (SSSR count). The predicted molar refractivity (Wildman–Crippen MR) is 107 cm³/mol. The Balaban J connectivity index is 2.15. The second-order valence-electron chi connectivity index (χ2n) is 7.69. The lowest BCUT2D eigenvalue weighted by molar-refractivity contribution is -0.149. The summed E-state index contributed by atoms with van der Waals surface area (Å²) in [5.41, 5.74) is 1.47. The number of aliphatic hydroxyl groups is 1. The number of carbonyl (C=O) groups is 2. The molecule has 0 aliphatic heterocycles. The zero-order valence-electron chi connectivity index (χ0n) is 16.6. The molecule has 1 atom stereocenters. The van der Waals surface area contributed by atoms with Crippen LogP contribution in [0.25, 0.3) is 11.0 Å². The normalized spacial score (nSPS) is 20.6. The number of imidazole rings is 1. The summed E-state index contributed by atoms with van der Waals surface area (Å²) in [5, 5.41) is 10.9. The van der Waals surface area contributed by atoms with Crippen LogP contribution in [-0.4, -0.2) is 39.6 Å². The predicted octanol–water partition coefficient (Wildman–Crippen LogP) is 4.04. The highest BCUT2D eigenvalue weighted by molar-refractivity contribution is 6.24. The topological polar surface area (TPSA) is 105 Å². The van der Waals surface area contributed by atoms with Gasteiger partial charge < -0.3 is 14.8 Å². The minimum atomic E-state index is -0.914. The molecule has 0 bridgehead atoms. The summed E-state index contributed by atoms with van der Waals surface area (Å²) in [6.45, 7) is 5.58. The van der Waals surface area contributed by atoms with Crippen molar-refractivity contribution in [1.82, 2.24) is 9.97 Å². The number of ketones is 1. The van der Waals surface area contributed by atoms with E-state index in [1.165, 1.54) is 7.11 Å². The van der Waals surface area contributed by atoms with E-state index in [9.17, 15) is 14.7 Å². The molecule has 1 heterocycles. The summed E-state index contributed by atoms with van der Waals surface area (Å²) in [6, 6.07) is 7.53. The van der Waals surface area contributed by atoms with Gasteiger partial charge in [0.05, 0.1) is 29.4 Å². The number of esters is 1. The highest BCUT2D eigenvalue weighted by Gasteiger charge is 2.47. The van der Waals surface area contributed by atoms with Crippen LogP contribution in [0.2, 0.25) is 0 Å². The first-order valence-electron chi connectivity index (χ1n) is 9.35. The fourth-order valence-corrected chi connectivity index (χ4v) is 3.70. The van der Waals surface area contributed by atoms with Gasteiger partial charge in [0.1, 0.15) is 11.7 Å². The van der Waals surface area contributed by atoms with Gasteiger partial charge in [0.25, 0.3) is 0 Å². The van der Waals surface area contributed by atoms with Crippen molar-refractivity contribution in [3.8, 4) is 0 Å². The van der Waals surface area contributed by atoms with Gasteiger partial charge in [0, 0.05) is 6.42 Å². The Hall–Kier alpha value is -2.96. The van der Waals surface area contributed by atoms with Gasteiger partial charge in [0.15, 0.2) is 5.78 Å². The number of aromatic amines is 1. The van der Waals surface area contributed by atoms with Crippen molar-refractivity contribution >= 4 is 34.4 Å². The van der Waals surface area contributed by atoms with Gasteiger partial charge in [-0.05, 0) is 30.4 Å².